The zero-order chi connectivity index (χ0) is 13.7. The van der Waals surface area contributed by atoms with Crippen molar-refractivity contribution in [1.29, 1.82) is 0 Å². The third-order valence-electron chi connectivity index (χ3n) is 3.61. The van der Waals surface area contributed by atoms with Crippen LogP contribution in [0.1, 0.15) is 46.5 Å². The zero-order valence-corrected chi connectivity index (χ0v) is 12.3. The second-order valence-corrected chi connectivity index (χ2v) is 5.66. The Kier molecular flexibility index (Phi) is 4.93. The van der Waals surface area contributed by atoms with E-state index in [0.29, 0.717) is 17.9 Å². The van der Waals surface area contributed by atoms with E-state index in [1.807, 2.05) is 0 Å². The third-order valence-corrected chi connectivity index (χ3v) is 3.61. The lowest BCUT2D eigenvalue weighted by Gasteiger charge is -2.35. The lowest BCUT2D eigenvalue weighted by molar-refractivity contribution is 0.446. The first-order valence-electron chi connectivity index (χ1n) is 7.41. The van der Waals surface area contributed by atoms with Crippen LogP contribution in [0.25, 0.3) is 0 Å². The second-order valence-electron chi connectivity index (χ2n) is 5.66. The van der Waals surface area contributed by atoms with Gasteiger partial charge in [-0.1, -0.05) is 20.8 Å². The predicted molar refractivity (Wildman–Crippen MR) is 78.4 cm³/mol. The van der Waals surface area contributed by atoms with Gasteiger partial charge in [0.25, 0.3) is 0 Å². The SMILES string of the molecule is CCC1CCCCN1c1cnnc(NCC(C)C)n1. The van der Waals surface area contributed by atoms with E-state index in [2.05, 4.69) is 46.2 Å². The number of anilines is 2. The molecule has 1 fully saturated rings. The van der Waals surface area contributed by atoms with Gasteiger partial charge in [-0.05, 0) is 31.6 Å². The topological polar surface area (TPSA) is 53.9 Å². The van der Waals surface area contributed by atoms with Gasteiger partial charge in [-0.3, -0.25) is 0 Å². The maximum absolute atomic E-state index is 4.61. The highest BCUT2D eigenvalue weighted by Gasteiger charge is 2.22. The Morgan fingerprint density at radius 1 is 1.42 bits per heavy atom. The zero-order valence-electron chi connectivity index (χ0n) is 12.3. The van der Waals surface area contributed by atoms with Crippen molar-refractivity contribution in [2.45, 2.75) is 52.5 Å². The third kappa shape index (κ3) is 3.78. The van der Waals surface area contributed by atoms with Gasteiger partial charge in [0.05, 0.1) is 6.20 Å². The standard InChI is InChI=1S/C14H25N5/c1-4-12-7-5-6-8-19(12)13-10-16-18-14(17-13)15-9-11(2)3/h10-12H,4-9H2,1-3H3,(H,15,17,18). The fourth-order valence-electron chi connectivity index (χ4n) is 2.53. The smallest absolute Gasteiger partial charge is 0.244 e. The van der Waals surface area contributed by atoms with Gasteiger partial charge in [0.2, 0.25) is 5.95 Å². The highest BCUT2D eigenvalue weighted by molar-refractivity contribution is 5.41. The molecule has 1 atom stereocenters. The quantitative estimate of drug-likeness (QED) is 0.885. The summed E-state index contributed by atoms with van der Waals surface area (Å²) in [7, 11) is 0. The summed E-state index contributed by atoms with van der Waals surface area (Å²) in [5.41, 5.74) is 0. The first-order valence-corrected chi connectivity index (χ1v) is 7.41. The van der Waals surface area contributed by atoms with E-state index in [1.165, 1.54) is 25.7 Å². The van der Waals surface area contributed by atoms with Gasteiger partial charge < -0.3 is 10.2 Å². The molecule has 0 aromatic carbocycles. The van der Waals surface area contributed by atoms with Crippen molar-refractivity contribution in [3.63, 3.8) is 0 Å². The fourth-order valence-corrected chi connectivity index (χ4v) is 2.53. The first-order chi connectivity index (χ1) is 9.20. The molecule has 5 nitrogen and oxygen atoms in total. The number of rotatable bonds is 5. The van der Waals surface area contributed by atoms with E-state index in [0.717, 1.165) is 18.9 Å². The highest BCUT2D eigenvalue weighted by Crippen LogP contribution is 2.24. The molecule has 5 heteroatoms. The maximum atomic E-state index is 4.61. The van der Waals surface area contributed by atoms with Crippen LogP contribution in [0.2, 0.25) is 0 Å². The van der Waals surface area contributed by atoms with Crippen LogP contribution in [0.5, 0.6) is 0 Å². The van der Waals surface area contributed by atoms with Crippen molar-refractivity contribution in [3.8, 4) is 0 Å². The van der Waals surface area contributed by atoms with E-state index >= 15 is 0 Å². The lowest BCUT2D eigenvalue weighted by Crippen LogP contribution is -2.39. The summed E-state index contributed by atoms with van der Waals surface area (Å²) in [6.07, 6.45) is 6.78. The van der Waals surface area contributed by atoms with Crippen molar-refractivity contribution in [1.82, 2.24) is 15.2 Å². The molecular formula is C14H25N5. The number of nitrogens with zero attached hydrogens (tertiary/aromatic N) is 4. The van der Waals surface area contributed by atoms with Crippen LogP contribution in [0.15, 0.2) is 6.20 Å². The Morgan fingerprint density at radius 2 is 2.26 bits per heavy atom. The van der Waals surface area contributed by atoms with Crippen LogP contribution in [0, 0.1) is 5.92 Å². The molecule has 0 spiro atoms. The minimum atomic E-state index is 0.575. The molecule has 2 rings (SSSR count). The Labute approximate surface area is 115 Å². The maximum Gasteiger partial charge on any atom is 0.244 e. The Hall–Kier alpha value is -1.39. The minimum Gasteiger partial charge on any atom is -0.353 e. The molecule has 0 bridgehead atoms. The molecule has 0 radical (unpaired) electrons. The van der Waals surface area contributed by atoms with Crippen LogP contribution < -0.4 is 10.2 Å². The van der Waals surface area contributed by atoms with Gasteiger partial charge in [0, 0.05) is 19.1 Å². The molecule has 0 aliphatic carbocycles. The van der Waals surface area contributed by atoms with Gasteiger partial charge in [0.1, 0.15) is 0 Å². The first kappa shape index (κ1) is 14.0. The van der Waals surface area contributed by atoms with E-state index in [9.17, 15) is 0 Å². The van der Waals surface area contributed by atoms with E-state index < -0.39 is 0 Å². The van der Waals surface area contributed by atoms with Crippen molar-refractivity contribution >= 4 is 11.8 Å². The largest absolute Gasteiger partial charge is 0.353 e. The van der Waals surface area contributed by atoms with Gasteiger partial charge in [0.15, 0.2) is 5.82 Å². The number of aromatic nitrogens is 3. The molecule has 1 aliphatic rings. The predicted octanol–water partition coefficient (Wildman–Crippen LogP) is 2.71. The van der Waals surface area contributed by atoms with Crippen molar-refractivity contribution in [2.75, 3.05) is 23.3 Å². The van der Waals surface area contributed by atoms with Crippen molar-refractivity contribution < 1.29 is 0 Å². The number of nitrogens with one attached hydrogen (secondary N) is 1. The fraction of sp³-hybridized carbons (Fsp3) is 0.786. The molecule has 106 valence electrons. The average molecular weight is 263 g/mol. The van der Waals surface area contributed by atoms with Crippen molar-refractivity contribution in [3.05, 3.63) is 6.20 Å². The normalized spacial score (nSPS) is 19.8. The molecule has 1 aliphatic heterocycles. The van der Waals surface area contributed by atoms with Crippen LogP contribution in [0.3, 0.4) is 0 Å². The Balaban J connectivity index is 2.08. The molecule has 1 unspecified atom stereocenters. The number of hydrogen-bond donors (Lipinski definition) is 1. The number of piperidine rings is 1. The molecule has 0 saturated carbocycles. The summed E-state index contributed by atoms with van der Waals surface area (Å²) >= 11 is 0. The summed E-state index contributed by atoms with van der Waals surface area (Å²) < 4.78 is 0. The van der Waals surface area contributed by atoms with E-state index in [4.69, 9.17) is 0 Å². The Morgan fingerprint density at radius 3 is 3.00 bits per heavy atom. The van der Waals surface area contributed by atoms with Gasteiger partial charge >= 0.3 is 0 Å². The summed E-state index contributed by atoms with van der Waals surface area (Å²) in [6.45, 7) is 8.54. The summed E-state index contributed by atoms with van der Waals surface area (Å²) in [4.78, 5) is 7.00. The molecule has 1 aromatic rings. The average Bonchev–Trinajstić information content (AvgIpc) is 2.45. The molecule has 0 amide bonds. The van der Waals surface area contributed by atoms with E-state index in [-0.39, 0.29) is 0 Å². The van der Waals surface area contributed by atoms with Crippen LogP contribution in [-0.4, -0.2) is 34.3 Å². The van der Waals surface area contributed by atoms with Crippen molar-refractivity contribution in [2.24, 2.45) is 5.92 Å². The monoisotopic (exact) mass is 263 g/mol. The van der Waals surface area contributed by atoms with Gasteiger partial charge in [-0.25, -0.2) is 0 Å². The van der Waals surface area contributed by atoms with Gasteiger partial charge in [-0.2, -0.15) is 10.1 Å². The summed E-state index contributed by atoms with van der Waals surface area (Å²) in [5.74, 6) is 2.19. The molecule has 1 saturated heterocycles. The van der Waals surface area contributed by atoms with E-state index in [1.54, 1.807) is 6.20 Å². The molecule has 2 heterocycles. The second kappa shape index (κ2) is 6.68. The molecular weight excluding hydrogens is 238 g/mol. The minimum absolute atomic E-state index is 0.575. The summed E-state index contributed by atoms with van der Waals surface area (Å²) in [5, 5.41) is 11.4. The van der Waals surface area contributed by atoms with Crippen LogP contribution in [-0.2, 0) is 0 Å². The van der Waals surface area contributed by atoms with Gasteiger partial charge in [-0.15, -0.1) is 5.10 Å². The lowest BCUT2D eigenvalue weighted by atomic mass is 10.0. The molecule has 1 N–H and O–H groups in total. The van der Waals surface area contributed by atoms with Crippen LogP contribution >= 0.6 is 0 Å². The Bertz CT molecular complexity index is 393. The molecule has 1 aromatic heterocycles. The summed E-state index contributed by atoms with van der Waals surface area (Å²) in [6, 6.07) is 0.600. The number of hydrogen-bond acceptors (Lipinski definition) is 5. The highest BCUT2D eigenvalue weighted by atomic mass is 15.3. The molecule has 19 heavy (non-hydrogen) atoms. The van der Waals surface area contributed by atoms with Crippen LogP contribution in [0.4, 0.5) is 11.8 Å².